The van der Waals surface area contributed by atoms with E-state index in [-0.39, 0.29) is 17.4 Å². The number of carboxylic acid groups (broad SMARTS) is 1. The van der Waals surface area contributed by atoms with E-state index < -0.39 is 5.97 Å². The lowest BCUT2D eigenvalue weighted by Gasteiger charge is -2.12. The highest BCUT2D eigenvalue weighted by molar-refractivity contribution is 9.10. The molecule has 1 atom stereocenters. The van der Waals surface area contributed by atoms with Crippen LogP contribution in [0.3, 0.4) is 0 Å². The van der Waals surface area contributed by atoms with Gasteiger partial charge in [0.2, 0.25) is 5.91 Å². The summed E-state index contributed by atoms with van der Waals surface area (Å²) in [6.07, 6.45) is 0.835. The van der Waals surface area contributed by atoms with Crippen LogP contribution in [0.5, 0.6) is 0 Å². The number of carbonyl (C=O) groups excluding carboxylic acids is 1. The number of aromatic carboxylic acids is 1. The quantitative estimate of drug-likeness (QED) is 0.891. The Hall–Kier alpha value is -1.40. The van der Waals surface area contributed by atoms with Gasteiger partial charge in [0.25, 0.3) is 0 Å². The molecule has 5 nitrogen and oxygen atoms in total. The summed E-state index contributed by atoms with van der Waals surface area (Å²) in [5.41, 5.74) is 0.652. The first kappa shape index (κ1) is 14.0. The molecule has 1 amide bonds. The number of carbonyl (C=O) groups is 2. The van der Waals surface area contributed by atoms with E-state index in [1.807, 2.05) is 7.05 Å². The number of amides is 1. The molecule has 1 aromatic rings. The van der Waals surface area contributed by atoms with Crippen LogP contribution in [0.2, 0.25) is 0 Å². The number of hydrogen-bond donors (Lipinski definition) is 2. The lowest BCUT2D eigenvalue weighted by atomic mass is 10.1. The number of halogens is 1. The van der Waals surface area contributed by atoms with Crippen LogP contribution in [-0.2, 0) is 4.79 Å². The van der Waals surface area contributed by atoms with Crippen LogP contribution in [0.4, 0.5) is 5.69 Å². The Labute approximate surface area is 119 Å². The van der Waals surface area contributed by atoms with E-state index in [0.717, 1.165) is 19.5 Å². The fraction of sp³-hybridized carbons (Fsp3) is 0.385. The Morgan fingerprint density at radius 3 is 2.74 bits per heavy atom. The Balaban J connectivity index is 2.10. The summed E-state index contributed by atoms with van der Waals surface area (Å²) in [6, 6.07) is 4.66. The Morgan fingerprint density at radius 2 is 2.16 bits per heavy atom. The minimum atomic E-state index is -1.02. The molecule has 0 saturated carbocycles. The van der Waals surface area contributed by atoms with E-state index in [9.17, 15) is 9.59 Å². The summed E-state index contributed by atoms with van der Waals surface area (Å²) < 4.78 is 0.631. The number of nitrogens with zero attached hydrogens (tertiary/aromatic N) is 1. The molecule has 0 radical (unpaired) electrons. The average molecular weight is 327 g/mol. The molecular weight excluding hydrogens is 312 g/mol. The molecule has 1 aliphatic heterocycles. The summed E-state index contributed by atoms with van der Waals surface area (Å²) in [5.74, 6) is -1.10. The molecule has 2 N–H and O–H groups in total. The van der Waals surface area contributed by atoms with E-state index in [1.165, 1.54) is 12.1 Å². The zero-order valence-electron chi connectivity index (χ0n) is 10.5. The van der Waals surface area contributed by atoms with Crippen molar-refractivity contribution >= 4 is 33.5 Å². The van der Waals surface area contributed by atoms with Crippen molar-refractivity contribution in [2.75, 3.05) is 25.5 Å². The number of likely N-dealkylation sites (tertiary alicyclic amines) is 1. The Kier molecular flexibility index (Phi) is 4.21. The highest BCUT2D eigenvalue weighted by atomic mass is 79.9. The fourth-order valence-electron chi connectivity index (χ4n) is 2.18. The van der Waals surface area contributed by atoms with Crippen molar-refractivity contribution in [3.8, 4) is 0 Å². The van der Waals surface area contributed by atoms with E-state index >= 15 is 0 Å². The zero-order chi connectivity index (χ0) is 14.0. The van der Waals surface area contributed by atoms with Gasteiger partial charge in [-0.25, -0.2) is 4.79 Å². The molecule has 0 bridgehead atoms. The lowest BCUT2D eigenvalue weighted by Crippen LogP contribution is -2.25. The third-order valence-electron chi connectivity index (χ3n) is 3.17. The van der Waals surface area contributed by atoms with Gasteiger partial charge in [0.05, 0.1) is 11.5 Å². The van der Waals surface area contributed by atoms with Crippen LogP contribution in [0.25, 0.3) is 0 Å². The molecule has 0 aliphatic carbocycles. The maximum Gasteiger partial charge on any atom is 0.335 e. The van der Waals surface area contributed by atoms with Gasteiger partial charge in [-0.2, -0.15) is 0 Å². The molecule has 1 fully saturated rings. The lowest BCUT2D eigenvalue weighted by molar-refractivity contribution is -0.119. The van der Waals surface area contributed by atoms with Gasteiger partial charge in [0.1, 0.15) is 0 Å². The highest BCUT2D eigenvalue weighted by Gasteiger charge is 2.26. The predicted octanol–water partition coefficient (Wildman–Crippen LogP) is 2.04. The van der Waals surface area contributed by atoms with Gasteiger partial charge in [-0.15, -0.1) is 0 Å². The third-order valence-corrected chi connectivity index (χ3v) is 3.63. The summed E-state index contributed by atoms with van der Waals surface area (Å²) in [5, 5.41) is 11.8. The van der Waals surface area contributed by atoms with Crippen molar-refractivity contribution in [2.24, 2.45) is 5.92 Å². The molecular formula is C13H15BrN2O3. The van der Waals surface area contributed by atoms with Crippen LogP contribution in [0, 0.1) is 5.92 Å². The largest absolute Gasteiger partial charge is 0.478 e. The molecule has 0 aromatic heterocycles. The minimum absolute atomic E-state index is 0.0303. The SMILES string of the molecule is CN1CCC(C(=O)Nc2cc(Br)cc(C(=O)O)c2)C1. The van der Waals surface area contributed by atoms with Crippen LogP contribution in [0.1, 0.15) is 16.8 Å². The van der Waals surface area contributed by atoms with E-state index in [0.29, 0.717) is 10.2 Å². The maximum atomic E-state index is 12.1. The number of rotatable bonds is 3. The first-order valence-corrected chi connectivity index (χ1v) is 6.78. The van der Waals surface area contributed by atoms with Gasteiger partial charge in [-0.05, 0) is 38.2 Å². The summed E-state index contributed by atoms with van der Waals surface area (Å²) in [6.45, 7) is 1.66. The number of carboxylic acids is 1. The molecule has 0 spiro atoms. The van der Waals surface area contributed by atoms with Crippen LogP contribution >= 0.6 is 15.9 Å². The average Bonchev–Trinajstić information content (AvgIpc) is 2.75. The minimum Gasteiger partial charge on any atom is -0.478 e. The van der Waals surface area contributed by atoms with Crippen molar-refractivity contribution in [2.45, 2.75) is 6.42 Å². The molecule has 1 aromatic carbocycles. The number of hydrogen-bond acceptors (Lipinski definition) is 3. The highest BCUT2D eigenvalue weighted by Crippen LogP contribution is 2.22. The molecule has 2 rings (SSSR count). The summed E-state index contributed by atoms with van der Waals surface area (Å²) in [4.78, 5) is 25.1. The summed E-state index contributed by atoms with van der Waals surface area (Å²) in [7, 11) is 1.98. The van der Waals surface area contributed by atoms with Crippen LogP contribution in [-0.4, -0.2) is 42.0 Å². The molecule has 1 aliphatic rings. The Bertz CT molecular complexity index is 519. The van der Waals surface area contributed by atoms with Crippen molar-refractivity contribution in [1.29, 1.82) is 0 Å². The van der Waals surface area contributed by atoms with Gasteiger partial charge < -0.3 is 15.3 Å². The normalized spacial score (nSPS) is 19.4. The van der Waals surface area contributed by atoms with Crippen molar-refractivity contribution in [3.05, 3.63) is 28.2 Å². The maximum absolute atomic E-state index is 12.1. The van der Waals surface area contributed by atoms with E-state index in [2.05, 4.69) is 26.1 Å². The standard InChI is InChI=1S/C13H15BrN2O3/c1-16-3-2-8(7-16)12(17)15-11-5-9(13(18)19)4-10(14)6-11/h4-6,8H,2-3,7H2,1H3,(H,15,17)(H,18,19). The van der Waals surface area contributed by atoms with Crippen LogP contribution in [0.15, 0.2) is 22.7 Å². The van der Waals surface area contributed by atoms with Gasteiger partial charge in [-0.1, -0.05) is 15.9 Å². The Morgan fingerprint density at radius 1 is 1.42 bits per heavy atom. The fourth-order valence-corrected chi connectivity index (χ4v) is 2.67. The molecule has 1 heterocycles. The van der Waals surface area contributed by atoms with Gasteiger partial charge in [0.15, 0.2) is 0 Å². The number of anilines is 1. The summed E-state index contributed by atoms with van der Waals surface area (Å²) >= 11 is 3.24. The predicted molar refractivity (Wildman–Crippen MR) is 75.3 cm³/mol. The monoisotopic (exact) mass is 326 g/mol. The molecule has 19 heavy (non-hydrogen) atoms. The smallest absolute Gasteiger partial charge is 0.335 e. The topological polar surface area (TPSA) is 69.6 Å². The number of nitrogens with one attached hydrogen (secondary N) is 1. The first-order valence-electron chi connectivity index (χ1n) is 5.99. The number of benzene rings is 1. The molecule has 102 valence electrons. The van der Waals surface area contributed by atoms with Gasteiger partial charge in [0, 0.05) is 16.7 Å². The second kappa shape index (κ2) is 5.71. The van der Waals surface area contributed by atoms with E-state index in [4.69, 9.17) is 5.11 Å². The van der Waals surface area contributed by atoms with Crippen LogP contribution < -0.4 is 5.32 Å². The van der Waals surface area contributed by atoms with Gasteiger partial charge >= 0.3 is 5.97 Å². The molecule has 1 unspecified atom stereocenters. The van der Waals surface area contributed by atoms with E-state index in [1.54, 1.807) is 6.07 Å². The van der Waals surface area contributed by atoms with Gasteiger partial charge in [-0.3, -0.25) is 4.79 Å². The van der Waals surface area contributed by atoms with Crippen molar-refractivity contribution < 1.29 is 14.7 Å². The third kappa shape index (κ3) is 3.54. The van der Waals surface area contributed by atoms with Crippen molar-refractivity contribution in [1.82, 2.24) is 4.90 Å². The molecule has 6 heteroatoms. The second-order valence-corrected chi connectivity index (χ2v) is 5.69. The second-order valence-electron chi connectivity index (χ2n) is 4.77. The van der Waals surface area contributed by atoms with Crippen molar-refractivity contribution in [3.63, 3.8) is 0 Å². The first-order chi connectivity index (χ1) is 8.95. The molecule has 1 saturated heterocycles. The zero-order valence-corrected chi connectivity index (χ0v) is 12.1.